The number of nitrogens with zero attached hydrogens (tertiary/aromatic N) is 1. The highest BCUT2D eigenvalue weighted by Gasteiger charge is 2.03. The summed E-state index contributed by atoms with van der Waals surface area (Å²) < 4.78 is 10.4. The molecule has 0 bridgehead atoms. The van der Waals surface area contributed by atoms with Crippen molar-refractivity contribution in [3.63, 3.8) is 0 Å². The fourth-order valence-electron chi connectivity index (χ4n) is 2.10. The van der Waals surface area contributed by atoms with Crippen molar-refractivity contribution in [2.75, 3.05) is 13.2 Å². The van der Waals surface area contributed by atoms with Crippen LogP contribution in [0.3, 0.4) is 0 Å². The maximum Gasteiger partial charge on any atom is 0.354 e. The minimum Gasteiger partial charge on any atom is -0.492 e. The van der Waals surface area contributed by atoms with Crippen LogP contribution in [-0.4, -0.2) is 35.2 Å². The predicted molar refractivity (Wildman–Crippen MR) is 90.2 cm³/mol. The van der Waals surface area contributed by atoms with E-state index in [1.54, 1.807) is 6.07 Å². The topological polar surface area (TPSA) is 85.7 Å². The van der Waals surface area contributed by atoms with E-state index in [1.807, 2.05) is 0 Å². The van der Waals surface area contributed by atoms with Crippen LogP contribution >= 0.6 is 0 Å². The number of carboxylic acid groups (broad SMARTS) is 1. The van der Waals surface area contributed by atoms with Crippen molar-refractivity contribution in [2.24, 2.45) is 0 Å². The van der Waals surface area contributed by atoms with E-state index in [0.717, 1.165) is 44.9 Å². The van der Waals surface area contributed by atoms with Gasteiger partial charge in [-0.05, 0) is 25.0 Å². The fourth-order valence-corrected chi connectivity index (χ4v) is 2.10. The molecule has 0 aliphatic carbocycles. The van der Waals surface area contributed by atoms with Gasteiger partial charge in [0.25, 0.3) is 0 Å². The maximum atomic E-state index is 10.8. The van der Waals surface area contributed by atoms with E-state index in [9.17, 15) is 9.59 Å². The van der Waals surface area contributed by atoms with Gasteiger partial charge in [0.15, 0.2) is 0 Å². The molecule has 0 spiro atoms. The highest BCUT2D eigenvalue weighted by atomic mass is 16.5. The lowest BCUT2D eigenvalue weighted by Crippen LogP contribution is -2.02. The van der Waals surface area contributed by atoms with Crippen LogP contribution in [0, 0.1) is 0 Å². The summed E-state index contributed by atoms with van der Waals surface area (Å²) in [4.78, 5) is 25.3. The first-order valence-corrected chi connectivity index (χ1v) is 8.25. The first-order chi connectivity index (χ1) is 11.6. The highest BCUT2D eigenvalue weighted by Crippen LogP contribution is 2.11. The SMILES string of the molecule is C=CC(=O)OCCCCCCCCCOc1ccc(C(=O)O)nc1. The number of unbranched alkanes of at least 4 members (excludes halogenated alkanes) is 6. The number of aromatic carboxylic acids is 1. The Hall–Kier alpha value is -2.37. The number of aromatic nitrogens is 1. The summed E-state index contributed by atoms with van der Waals surface area (Å²) in [7, 11) is 0. The lowest BCUT2D eigenvalue weighted by atomic mass is 10.1. The minimum atomic E-state index is -1.04. The van der Waals surface area contributed by atoms with Gasteiger partial charge in [0, 0.05) is 6.08 Å². The van der Waals surface area contributed by atoms with Crippen LogP contribution in [0.1, 0.15) is 55.4 Å². The number of esters is 1. The summed E-state index contributed by atoms with van der Waals surface area (Å²) in [6, 6.07) is 3.06. The number of pyridine rings is 1. The second-order valence-electron chi connectivity index (χ2n) is 5.38. The van der Waals surface area contributed by atoms with Gasteiger partial charge >= 0.3 is 11.9 Å². The zero-order chi connectivity index (χ0) is 17.6. The molecule has 0 fully saturated rings. The molecule has 1 aromatic rings. The Labute approximate surface area is 142 Å². The molecule has 0 unspecified atom stereocenters. The van der Waals surface area contributed by atoms with Crippen LogP contribution < -0.4 is 4.74 Å². The van der Waals surface area contributed by atoms with Gasteiger partial charge in [-0.1, -0.05) is 38.7 Å². The van der Waals surface area contributed by atoms with E-state index in [2.05, 4.69) is 11.6 Å². The van der Waals surface area contributed by atoms with Crippen molar-refractivity contribution in [3.8, 4) is 5.75 Å². The van der Waals surface area contributed by atoms with E-state index in [-0.39, 0.29) is 11.7 Å². The van der Waals surface area contributed by atoms with Crippen LogP contribution in [0.5, 0.6) is 5.75 Å². The second kappa shape index (κ2) is 12.1. The van der Waals surface area contributed by atoms with Crippen LogP contribution in [0.4, 0.5) is 0 Å². The molecule has 0 amide bonds. The third-order valence-corrected chi connectivity index (χ3v) is 3.42. The summed E-state index contributed by atoms with van der Waals surface area (Å²) in [6.07, 6.45) is 10.0. The monoisotopic (exact) mass is 335 g/mol. The summed E-state index contributed by atoms with van der Waals surface area (Å²) in [5.41, 5.74) is 0.0154. The Balaban J connectivity index is 1.92. The van der Waals surface area contributed by atoms with Crippen molar-refractivity contribution < 1.29 is 24.2 Å². The number of ether oxygens (including phenoxy) is 2. The lowest BCUT2D eigenvalue weighted by molar-refractivity contribution is -0.137. The molecule has 1 rings (SSSR count). The molecule has 0 aliphatic heterocycles. The molecular formula is C18H25NO5. The number of rotatable bonds is 13. The molecule has 1 N–H and O–H groups in total. The first-order valence-electron chi connectivity index (χ1n) is 8.25. The quantitative estimate of drug-likeness (QED) is 0.337. The second-order valence-corrected chi connectivity index (χ2v) is 5.38. The van der Waals surface area contributed by atoms with Gasteiger partial charge in [-0.2, -0.15) is 0 Å². The molecule has 0 atom stereocenters. The summed E-state index contributed by atoms with van der Waals surface area (Å²) in [5.74, 6) is -0.808. The van der Waals surface area contributed by atoms with E-state index < -0.39 is 5.97 Å². The van der Waals surface area contributed by atoms with Gasteiger partial charge in [0.2, 0.25) is 0 Å². The molecule has 0 saturated heterocycles. The molecule has 0 aliphatic rings. The normalized spacial score (nSPS) is 10.2. The van der Waals surface area contributed by atoms with E-state index in [1.165, 1.54) is 18.3 Å². The van der Waals surface area contributed by atoms with Gasteiger partial charge in [-0.3, -0.25) is 0 Å². The third kappa shape index (κ3) is 8.92. The standard InChI is InChI=1S/C18H25NO5/c1-2-17(20)24-13-9-7-5-3-4-6-8-12-23-15-10-11-16(18(21)22)19-14-15/h2,10-11,14H,1,3-9,12-13H2,(H,21,22). The van der Waals surface area contributed by atoms with Gasteiger partial charge in [-0.15, -0.1) is 0 Å². The molecule has 6 heteroatoms. The number of carboxylic acids is 1. The molecule has 1 heterocycles. The summed E-state index contributed by atoms with van der Waals surface area (Å²) in [6.45, 7) is 4.41. The van der Waals surface area contributed by atoms with Crippen LogP contribution in [-0.2, 0) is 9.53 Å². The number of carbonyl (C=O) groups excluding carboxylic acids is 1. The maximum absolute atomic E-state index is 10.8. The molecular weight excluding hydrogens is 310 g/mol. The predicted octanol–water partition coefficient (Wildman–Crippen LogP) is 3.62. The molecule has 0 aromatic carbocycles. The molecule has 0 radical (unpaired) electrons. The van der Waals surface area contributed by atoms with Crippen LogP contribution in [0.2, 0.25) is 0 Å². The molecule has 6 nitrogen and oxygen atoms in total. The Morgan fingerprint density at radius 3 is 2.21 bits per heavy atom. The van der Waals surface area contributed by atoms with E-state index >= 15 is 0 Å². The van der Waals surface area contributed by atoms with Crippen LogP contribution in [0.25, 0.3) is 0 Å². The van der Waals surface area contributed by atoms with E-state index in [4.69, 9.17) is 14.6 Å². The van der Waals surface area contributed by atoms with Crippen molar-refractivity contribution in [2.45, 2.75) is 44.9 Å². The van der Waals surface area contributed by atoms with E-state index in [0.29, 0.717) is 19.0 Å². The zero-order valence-corrected chi connectivity index (χ0v) is 13.9. The van der Waals surface area contributed by atoms with Gasteiger partial charge in [0.1, 0.15) is 11.4 Å². The van der Waals surface area contributed by atoms with Gasteiger partial charge < -0.3 is 14.6 Å². The fraction of sp³-hybridized carbons (Fsp3) is 0.500. The van der Waals surface area contributed by atoms with Crippen molar-refractivity contribution in [1.29, 1.82) is 0 Å². The number of carbonyl (C=O) groups is 2. The number of hydrogen-bond acceptors (Lipinski definition) is 5. The smallest absolute Gasteiger partial charge is 0.354 e. The van der Waals surface area contributed by atoms with Gasteiger partial charge in [0.05, 0.1) is 19.4 Å². The zero-order valence-electron chi connectivity index (χ0n) is 13.9. The largest absolute Gasteiger partial charge is 0.492 e. The number of hydrogen-bond donors (Lipinski definition) is 1. The average molecular weight is 335 g/mol. The average Bonchev–Trinajstić information content (AvgIpc) is 2.59. The Kier molecular flexibility index (Phi) is 9.92. The van der Waals surface area contributed by atoms with Crippen molar-refractivity contribution in [3.05, 3.63) is 36.7 Å². The third-order valence-electron chi connectivity index (χ3n) is 3.42. The molecule has 24 heavy (non-hydrogen) atoms. The Morgan fingerprint density at radius 2 is 1.67 bits per heavy atom. The summed E-state index contributed by atoms with van der Waals surface area (Å²) >= 11 is 0. The molecule has 1 aromatic heterocycles. The Bertz CT molecular complexity index is 513. The molecule has 132 valence electrons. The first kappa shape index (κ1) is 19.7. The lowest BCUT2D eigenvalue weighted by Gasteiger charge is -2.06. The van der Waals surface area contributed by atoms with Gasteiger partial charge in [-0.25, -0.2) is 14.6 Å². The highest BCUT2D eigenvalue weighted by molar-refractivity contribution is 5.85. The Morgan fingerprint density at radius 1 is 1.04 bits per heavy atom. The van der Waals surface area contributed by atoms with Crippen molar-refractivity contribution in [1.82, 2.24) is 4.98 Å². The molecule has 0 saturated carbocycles. The minimum absolute atomic E-state index is 0.0154. The summed E-state index contributed by atoms with van der Waals surface area (Å²) in [5, 5.41) is 8.75. The van der Waals surface area contributed by atoms with Crippen molar-refractivity contribution >= 4 is 11.9 Å². The van der Waals surface area contributed by atoms with Crippen LogP contribution in [0.15, 0.2) is 31.0 Å².